The predicted molar refractivity (Wildman–Crippen MR) is 70.9 cm³/mol. The van der Waals surface area contributed by atoms with Crippen molar-refractivity contribution in [1.82, 2.24) is 4.98 Å². The topological polar surface area (TPSA) is 12.9 Å². The molecule has 1 nitrogen and oxygen atoms in total. The van der Waals surface area contributed by atoms with Gasteiger partial charge in [0.1, 0.15) is 0 Å². The Morgan fingerprint density at radius 3 is 2.41 bits per heavy atom. The van der Waals surface area contributed by atoms with Gasteiger partial charge in [0.2, 0.25) is 0 Å². The van der Waals surface area contributed by atoms with E-state index in [4.69, 9.17) is 0 Å². The van der Waals surface area contributed by atoms with E-state index in [1.165, 1.54) is 48.8 Å². The van der Waals surface area contributed by atoms with E-state index >= 15 is 0 Å². The lowest BCUT2D eigenvalue weighted by Crippen LogP contribution is -1.94. The molecule has 0 saturated carbocycles. The Morgan fingerprint density at radius 1 is 0.824 bits per heavy atom. The zero-order valence-corrected chi connectivity index (χ0v) is 10.0. The third kappa shape index (κ3) is 2.23. The summed E-state index contributed by atoms with van der Waals surface area (Å²) >= 11 is 0. The summed E-state index contributed by atoms with van der Waals surface area (Å²) in [4.78, 5) is 4.60. The summed E-state index contributed by atoms with van der Waals surface area (Å²) in [5, 5.41) is 0. The molecule has 0 N–H and O–H groups in total. The number of fused-ring (bicyclic) bond motifs is 1. The van der Waals surface area contributed by atoms with Crippen molar-refractivity contribution in [1.29, 1.82) is 0 Å². The number of rotatable bonds is 1. The van der Waals surface area contributed by atoms with Gasteiger partial charge in [-0.1, -0.05) is 36.8 Å². The van der Waals surface area contributed by atoms with Crippen LogP contribution < -0.4 is 0 Å². The maximum atomic E-state index is 4.60. The first kappa shape index (κ1) is 10.5. The lowest BCUT2D eigenvalue weighted by Gasteiger charge is -2.07. The van der Waals surface area contributed by atoms with E-state index in [1.54, 1.807) is 0 Å². The number of aromatic nitrogens is 1. The van der Waals surface area contributed by atoms with Crippen molar-refractivity contribution in [2.24, 2.45) is 0 Å². The minimum Gasteiger partial charge on any atom is -0.256 e. The smallest absolute Gasteiger partial charge is 0.0704 e. The van der Waals surface area contributed by atoms with Crippen molar-refractivity contribution >= 4 is 0 Å². The molecule has 0 bridgehead atoms. The molecule has 86 valence electrons. The third-order valence-corrected chi connectivity index (χ3v) is 3.54. The van der Waals surface area contributed by atoms with E-state index in [9.17, 15) is 0 Å². The zero-order valence-electron chi connectivity index (χ0n) is 10.0. The fourth-order valence-electron chi connectivity index (χ4n) is 2.56. The second-order valence-electron chi connectivity index (χ2n) is 4.76. The van der Waals surface area contributed by atoms with Crippen LogP contribution in [-0.4, -0.2) is 4.98 Å². The van der Waals surface area contributed by atoms with Crippen molar-refractivity contribution in [3.63, 3.8) is 0 Å². The monoisotopic (exact) mass is 223 g/mol. The van der Waals surface area contributed by atoms with Crippen molar-refractivity contribution in [2.75, 3.05) is 0 Å². The Kier molecular flexibility index (Phi) is 2.91. The van der Waals surface area contributed by atoms with Crippen LogP contribution in [0.2, 0.25) is 0 Å². The Hall–Kier alpha value is -1.63. The number of benzene rings is 1. The summed E-state index contributed by atoms with van der Waals surface area (Å²) in [6, 6.07) is 12.7. The molecule has 2 aromatic rings. The lowest BCUT2D eigenvalue weighted by atomic mass is 10.0. The molecular formula is C16H17N. The average Bonchev–Trinajstić information content (AvgIpc) is 2.64. The molecule has 1 aliphatic rings. The summed E-state index contributed by atoms with van der Waals surface area (Å²) in [5.74, 6) is 0. The van der Waals surface area contributed by atoms with Gasteiger partial charge < -0.3 is 0 Å². The highest BCUT2D eigenvalue weighted by molar-refractivity contribution is 5.60. The molecule has 1 heteroatoms. The Labute approximate surface area is 103 Å². The van der Waals surface area contributed by atoms with Crippen molar-refractivity contribution in [2.45, 2.75) is 32.1 Å². The fourth-order valence-corrected chi connectivity index (χ4v) is 2.56. The van der Waals surface area contributed by atoms with Gasteiger partial charge >= 0.3 is 0 Å². The molecule has 17 heavy (non-hydrogen) atoms. The second-order valence-corrected chi connectivity index (χ2v) is 4.76. The Bertz CT molecular complexity index is 502. The summed E-state index contributed by atoms with van der Waals surface area (Å²) in [5.41, 5.74) is 5.31. The maximum Gasteiger partial charge on any atom is 0.0704 e. The third-order valence-electron chi connectivity index (χ3n) is 3.54. The molecule has 0 saturated heterocycles. The van der Waals surface area contributed by atoms with Gasteiger partial charge in [-0.05, 0) is 42.9 Å². The zero-order chi connectivity index (χ0) is 11.5. The van der Waals surface area contributed by atoms with Gasteiger partial charge in [-0.15, -0.1) is 0 Å². The van der Waals surface area contributed by atoms with Gasteiger partial charge in [0.15, 0.2) is 0 Å². The van der Waals surface area contributed by atoms with E-state index in [0.29, 0.717) is 0 Å². The highest BCUT2D eigenvalue weighted by Crippen LogP contribution is 2.24. The molecule has 1 aromatic heterocycles. The van der Waals surface area contributed by atoms with Crippen LogP contribution in [-0.2, 0) is 12.8 Å². The van der Waals surface area contributed by atoms with Crippen LogP contribution >= 0.6 is 0 Å². The first-order valence-corrected chi connectivity index (χ1v) is 6.47. The summed E-state index contributed by atoms with van der Waals surface area (Å²) in [6.07, 6.45) is 8.51. The number of hydrogen-bond acceptors (Lipinski definition) is 1. The molecule has 0 atom stereocenters. The summed E-state index contributed by atoms with van der Waals surface area (Å²) in [6.45, 7) is 0. The summed E-state index contributed by atoms with van der Waals surface area (Å²) in [7, 11) is 0. The van der Waals surface area contributed by atoms with Crippen LogP contribution in [0.4, 0.5) is 0 Å². The van der Waals surface area contributed by atoms with Crippen molar-refractivity contribution in [3.8, 4) is 11.3 Å². The second kappa shape index (κ2) is 4.70. The van der Waals surface area contributed by atoms with Crippen LogP contribution in [0.3, 0.4) is 0 Å². The van der Waals surface area contributed by atoms with Crippen molar-refractivity contribution < 1.29 is 0 Å². The molecule has 0 spiro atoms. The van der Waals surface area contributed by atoms with E-state index in [-0.39, 0.29) is 0 Å². The molecular weight excluding hydrogens is 206 g/mol. The Balaban J connectivity index is 2.00. The highest BCUT2D eigenvalue weighted by Gasteiger charge is 2.09. The molecule has 1 aromatic carbocycles. The quantitative estimate of drug-likeness (QED) is 0.665. The molecule has 1 aliphatic carbocycles. The molecule has 0 fully saturated rings. The van der Waals surface area contributed by atoms with Gasteiger partial charge in [-0.25, -0.2) is 0 Å². The van der Waals surface area contributed by atoms with Crippen LogP contribution in [0.15, 0.2) is 42.6 Å². The first-order chi connectivity index (χ1) is 8.43. The van der Waals surface area contributed by atoms with Crippen LogP contribution in [0, 0.1) is 0 Å². The normalized spacial score (nSPS) is 15.1. The molecule has 0 unspecified atom stereocenters. The highest BCUT2D eigenvalue weighted by atomic mass is 14.7. The molecule has 0 amide bonds. The number of pyridine rings is 1. The van der Waals surface area contributed by atoms with E-state index in [0.717, 1.165) is 5.69 Å². The fraction of sp³-hybridized carbons (Fsp3) is 0.312. The van der Waals surface area contributed by atoms with Crippen LogP contribution in [0.1, 0.15) is 30.4 Å². The Morgan fingerprint density at radius 2 is 1.59 bits per heavy atom. The average molecular weight is 223 g/mol. The van der Waals surface area contributed by atoms with Crippen LogP contribution in [0.25, 0.3) is 11.3 Å². The van der Waals surface area contributed by atoms with Gasteiger partial charge in [0, 0.05) is 11.8 Å². The SMILES string of the molecule is c1ccc(-c2cc3c(cn2)CCCCC3)cc1. The van der Waals surface area contributed by atoms with E-state index < -0.39 is 0 Å². The van der Waals surface area contributed by atoms with Crippen molar-refractivity contribution in [3.05, 3.63) is 53.7 Å². The molecule has 0 radical (unpaired) electrons. The first-order valence-electron chi connectivity index (χ1n) is 6.47. The molecule has 3 rings (SSSR count). The maximum absolute atomic E-state index is 4.60. The minimum absolute atomic E-state index is 1.12. The van der Waals surface area contributed by atoms with Gasteiger partial charge in [0.05, 0.1) is 5.69 Å². The largest absolute Gasteiger partial charge is 0.256 e. The van der Waals surface area contributed by atoms with Gasteiger partial charge in [-0.2, -0.15) is 0 Å². The van der Waals surface area contributed by atoms with E-state index in [2.05, 4.69) is 41.5 Å². The van der Waals surface area contributed by atoms with Gasteiger partial charge in [-0.3, -0.25) is 4.98 Å². The van der Waals surface area contributed by atoms with Crippen LogP contribution in [0.5, 0.6) is 0 Å². The number of nitrogens with zero attached hydrogens (tertiary/aromatic N) is 1. The number of aryl methyl sites for hydroxylation is 2. The molecule has 1 heterocycles. The molecule has 0 aliphatic heterocycles. The lowest BCUT2D eigenvalue weighted by molar-refractivity contribution is 0.711. The van der Waals surface area contributed by atoms with E-state index in [1.807, 2.05) is 6.07 Å². The predicted octanol–water partition coefficient (Wildman–Crippen LogP) is 4.02. The standard InChI is InChI=1S/C16H17N/c1-3-7-13(8-4-1)16-11-14-9-5-2-6-10-15(14)12-17-16/h1,3-4,7-8,11-12H,2,5-6,9-10H2. The minimum atomic E-state index is 1.12. The number of hydrogen-bond donors (Lipinski definition) is 0. The summed E-state index contributed by atoms with van der Waals surface area (Å²) < 4.78 is 0. The van der Waals surface area contributed by atoms with Gasteiger partial charge in [0.25, 0.3) is 0 Å².